The third-order valence-corrected chi connectivity index (χ3v) is 3.49. The minimum Gasteiger partial charge on any atom is -0.465 e. The molecule has 0 aromatic heterocycles. The molecule has 0 amide bonds. The number of rotatable bonds is 7. The first-order valence-corrected chi connectivity index (χ1v) is 7.32. The first-order chi connectivity index (χ1) is 9.04. The summed E-state index contributed by atoms with van der Waals surface area (Å²) in [5, 5.41) is 3.19. The summed E-state index contributed by atoms with van der Waals surface area (Å²) in [4.78, 5) is 12.1. The lowest BCUT2D eigenvalue weighted by Gasteiger charge is -2.13. The van der Waals surface area contributed by atoms with Crippen LogP contribution in [-0.4, -0.2) is 24.4 Å². The van der Waals surface area contributed by atoms with E-state index in [0.717, 1.165) is 4.90 Å². The van der Waals surface area contributed by atoms with E-state index < -0.39 is 0 Å². The summed E-state index contributed by atoms with van der Waals surface area (Å²) in [6.07, 6.45) is 0. The zero-order valence-corrected chi connectivity index (χ0v) is 12.3. The van der Waals surface area contributed by atoms with Gasteiger partial charge in [-0.2, -0.15) is 0 Å². The highest BCUT2D eigenvalue weighted by atomic mass is 32.2. The maximum absolute atomic E-state index is 13.8. The van der Waals surface area contributed by atoms with Gasteiger partial charge in [0.25, 0.3) is 0 Å². The second kappa shape index (κ2) is 8.17. The number of carbonyl (C=O) groups is 1. The van der Waals surface area contributed by atoms with Crippen molar-refractivity contribution >= 4 is 17.7 Å². The molecule has 1 rings (SSSR count). The van der Waals surface area contributed by atoms with Crippen LogP contribution in [0.25, 0.3) is 0 Å². The molecule has 0 unspecified atom stereocenters. The van der Waals surface area contributed by atoms with E-state index in [1.165, 1.54) is 17.8 Å². The quantitative estimate of drug-likeness (QED) is 0.617. The van der Waals surface area contributed by atoms with Gasteiger partial charge in [-0.05, 0) is 19.1 Å². The predicted molar refractivity (Wildman–Crippen MR) is 75.7 cm³/mol. The van der Waals surface area contributed by atoms with E-state index in [1.807, 2.05) is 19.9 Å². The minimum absolute atomic E-state index is 0.200. The fraction of sp³-hybridized carbons (Fsp3) is 0.500. The van der Waals surface area contributed by atoms with Crippen molar-refractivity contribution in [3.63, 3.8) is 0 Å². The highest BCUT2D eigenvalue weighted by Crippen LogP contribution is 2.25. The van der Waals surface area contributed by atoms with Gasteiger partial charge in [0.2, 0.25) is 0 Å². The number of esters is 1. The van der Waals surface area contributed by atoms with Crippen molar-refractivity contribution < 1.29 is 13.9 Å². The zero-order chi connectivity index (χ0) is 14.3. The minimum atomic E-state index is -0.278. The molecule has 0 fully saturated rings. The molecule has 5 heteroatoms. The van der Waals surface area contributed by atoms with Gasteiger partial charge < -0.3 is 10.1 Å². The molecule has 19 heavy (non-hydrogen) atoms. The summed E-state index contributed by atoms with van der Waals surface area (Å²) in [5.74, 6) is -0.326. The topological polar surface area (TPSA) is 38.3 Å². The van der Waals surface area contributed by atoms with Crippen LogP contribution in [0.15, 0.2) is 23.1 Å². The van der Waals surface area contributed by atoms with Gasteiger partial charge in [-0.1, -0.05) is 19.9 Å². The first kappa shape index (κ1) is 16.0. The Morgan fingerprint density at radius 1 is 1.47 bits per heavy atom. The lowest BCUT2D eigenvalue weighted by atomic mass is 10.2. The number of halogens is 1. The standard InChI is InChI=1S/C14H20FNO2S/c1-4-18-14(17)9-19-13-7-5-6-12(15)11(13)8-16-10(2)3/h5-7,10,16H,4,8-9H2,1-3H3. The summed E-state index contributed by atoms with van der Waals surface area (Å²) in [7, 11) is 0. The second-order valence-corrected chi connectivity index (χ2v) is 5.36. The number of hydrogen-bond donors (Lipinski definition) is 1. The predicted octanol–water partition coefficient (Wildman–Crippen LogP) is 2.98. The summed E-state index contributed by atoms with van der Waals surface area (Å²) in [6.45, 7) is 6.60. The van der Waals surface area contributed by atoms with Crippen molar-refractivity contribution in [3.8, 4) is 0 Å². The molecule has 0 aliphatic heterocycles. The molecule has 0 bridgehead atoms. The van der Waals surface area contributed by atoms with Crippen LogP contribution >= 0.6 is 11.8 Å². The van der Waals surface area contributed by atoms with Crippen molar-refractivity contribution in [1.82, 2.24) is 5.32 Å². The van der Waals surface area contributed by atoms with E-state index in [-0.39, 0.29) is 23.6 Å². The molecule has 0 radical (unpaired) electrons. The number of nitrogens with one attached hydrogen (secondary N) is 1. The Labute approximate surface area is 117 Å². The van der Waals surface area contributed by atoms with E-state index in [1.54, 1.807) is 13.0 Å². The van der Waals surface area contributed by atoms with Crippen LogP contribution in [0.3, 0.4) is 0 Å². The third-order valence-electron chi connectivity index (χ3n) is 2.41. The first-order valence-electron chi connectivity index (χ1n) is 6.33. The fourth-order valence-electron chi connectivity index (χ4n) is 1.49. The van der Waals surface area contributed by atoms with Crippen LogP contribution in [0.2, 0.25) is 0 Å². The van der Waals surface area contributed by atoms with Crippen LogP contribution in [-0.2, 0) is 16.1 Å². The van der Waals surface area contributed by atoms with Crippen LogP contribution < -0.4 is 5.32 Å². The summed E-state index contributed by atoms with van der Waals surface area (Å²) in [5.41, 5.74) is 0.602. The van der Waals surface area contributed by atoms with Crippen LogP contribution in [0.4, 0.5) is 4.39 Å². The third kappa shape index (κ3) is 5.61. The second-order valence-electron chi connectivity index (χ2n) is 4.35. The molecular weight excluding hydrogens is 265 g/mol. The molecule has 0 saturated heterocycles. The van der Waals surface area contributed by atoms with Gasteiger partial charge in [0, 0.05) is 23.0 Å². The van der Waals surface area contributed by atoms with Crippen molar-refractivity contribution in [2.24, 2.45) is 0 Å². The maximum Gasteiger partial charge on any atom is 0.316 e. The number of ether oxygens (including phenoxy) is 1. The lowest BCUT2D eigenvalue weighted by molar-refractivity contribution is -0.139. The molecule has 1 aromatic carbocycles. The summed E-state index contributed by atoms with van der Waals surface area (Å²) < 4.78 is 18.7. The van der Waals surface area contributed by atoms with Crippen LogP contribution in [0.5, 0.6) is 0 Å². The number of thioether (sulfide) groups is 1. The van der Waals surface area contributed by atoms with Gasteiger partial charge in [-0.3, -0.25) is 4.79 Å². The van der Waals surface area contributed by atoms with Gasteiger partial charge in [0.1, 0.15) is 5.82 Å². The maximum atomic E-state index is 13.8. The fourth-order valence-corrected chi connectivity index (χ4v) is 2.37. The summed E-state index contributed by atoms with van der Waals surface area (Å²) in [6, 6.07) is 5.19. The lowest BCUT2D eigenvalue weighted by Crippen LogP contribution is -2.23. The van der Waals surface area contributed by atoms with Crippen molar-refractivity contribution in [3.05, 3.63) is 29.6 Å². The van der Waals surface area contributed by atoms with E-state index >= 15 is 0 Å². The normalized spacial score (nSPS) is 10.8. The highest BCUT2D eigenvalue weighted by Gasteiger charge is 2.11. The van der Waals surface area contributed by atoms with Gasteiger partial charge in [0.15, 0.2) is 0 Å². The van der Waals surface area contributed by atoms with Gasteiger partial charge in [-0.25, -0.2) is 4.39 Å². The molecule has 0 spiro atoms. The molecule has 1 N–H and O–H groups in total. The Bertz CT molecular complexity index is 424. The Morgan fingerprint density at radius 2 is 2.21 bits per heavy atom. The Kier molecular flexibility index (Phi) is 6.87. The van der Waals surface area contributed by atoms with Gasteiger partial charge in [0.05, 0.1) is 12.4 Å². The van der Waals surface area contributed by atoms with Gasteiger partial charge in [-0.15, -0.1) is 11.8 Å². The van der Waals surface area contributed by atoms with Crippen molar-refractivity contribution in [1.29, 1.82) is 0 Å². The molecule has 0 aliphatic rings. The molecule has 106 valence electrons. The molecule has 0 heterocycles. The van der Waals surface area contributed by atoms with Crippen molar-refractivity contribution in [2.75, 3.05) is 12.4 Å². The van der Waals surface area contributed by atoms with Crippen LogP contribution in [0.1, 0.15) is 26.3 Å². The average Bonchev–Trinajstić information content (AvgIpc) is 2.35. The Hall–Kier alpha value is -1.07. The van der Waals surface area contributed by atoms with E-state index in [0.29, 0.717) is 18.7 Å². The smallest absolute Gasteiger partial charge is 0.316 e. The number of benzene rings is 1. The molecule has 0 atom stereocenters. The van der Waals surface area contributed by atoms with E-state index in [9.17, 15) is 9.18 Å². The van der Waals surface area contributed by atoms with Crippen molar-refractivity contribution in [2.45, 2.75) is 38.3 Å². The SMILES string of the molecule is CCOC(=O)CSc1cccc(F)c1CNC(C)C. The molecule has 0 aliphatic carbocycles. The highest BCUT2D eigenvalue weighted by molar-refractivity contribution is 8.00. The monoisotopic (exact) mass is 285 g/mol. The van der Waals surface area contributed by atoms with E-state index in [4.69, 9.17) is 4.74 Å². The Balaban J connectivity index is 2.70. The van der Waals surface area contributed by atoms with Crippen LogP contribution in [0, 0.1) is 5.82 Å². The molecule has 0 saturated carbocycles. The Morgan fingerprint density at radius 3 is 2.84 bits per heavy atom. The average molecular weight is 285 g/mol. The molecule has 1 aromatic rings. The largest absolute Gasteiger partial charge is 0.465 e. The number of carbonyl (C=O) groups excluding carboxylic acids is 1. The molecule has 3 nitrogen and oxygen atoms in total. The summed E-state index contributed by atoms with van der Waals surface area (Å²) >= 11 is 1.31. The number of hydrogen-bond acceptors (Lipinski definition) is 4. The van der Waals surface area contributed by atoms with E-state index in [2.05, 4.69) is 5.32 Å². The molecular formula is C14H20FNO2S. The van der Waals surface area contributed by atoms with Gasteiger partial charge >= 0.3 is 5.97 Å². The zero-order valence-electron chi connectivity index (χ0n) is 11.5.